The highest BCUT2D eigenvalue weighted by Gasteiger charge is 2.16. The minimum atomic E-state index is -3.89. The van der Waals surface area contributed by atoms with Crippen LogP contribution in [0.4, 0.5) is 0 Å². The van der Waals surface area contributed by atoms with E-state index in [4.69, 9.17) is 0 Å². The summed E-state index contributed by atoms with van der Waals surface area (Å²) in [7, 11) is -2.82. The van der Waals surface area contributed by atoms with Crippen molar-refractivity contribution < 1.29 is 17.6 Å². The topological polar surface area (TPSA) is 144 Å². The fourth-order valence-electron chi connectivity index (χ4n) is 0.705. The maximum absolute atomic E-state index is 11.1. The van der Waals surface area contributed by atoms with Crippen LogP contribution in [0.15, 0.2) is 10.4 Å². The highest BCUT2D eigenvalue weighted by molar-refractivity contribution is 7.86. The van der Waals surface area contributed by atoms with Crippen LogP contribution in [0.2, 0.25) is 0 Å². The first-order valence-corrected chi connectivity index (χ1v) is 5.81. The third-order valence-corrected chi connectivity index (χ3v) is 2.40. The largest absolute Gasteiger partial charge is 0.333 e. The molecule has 12 heteroatoms. The Kier molecular flexibility index (Phi) is 5.98. The van der Waals surface area contributed by atoms with E-state index in [-0.39, 0.29) is 6.61 Å². The summed E-state index contributed by atoms with van der Waals surface area (Å²) in [6.45, 7) is 1.39. The molecule has 11 nitrogen and oxygen atoms in total. The summed E-state index contributed by atoms with van der Waals surface area (Å²) in [4.78, 5) is 20.2. The average Bonchev–Trinajstić information content (AvgIpc) is 2.22. The molecule has 0 fully saturated rings. The Bertz CT molecular complexity index is 405. The summed E-state index contributed by atoms with van der Waals surface area (Å²) in [5.74, 6) is -1.39. The van der Waals surface area contributed by atoms with E-state index in [0.717, 1.165) is 7.05 Å². The quantitative estimate of drug-likeness (QED) is 0.162. The first-order chi connectivity index (χ1) is 7.82. The van der Waals surface area contributed by atoms with Crippen molar-refractivity contribution in [3.8, 4) is 0 Å². The van der Waals surface area contributed by atoms with E-state index in [0.29, 0.717) is 5.01 Å². The number of nitroso groups, excluding NO2 is 1. The van der Waals surface area contributed by atoms with E-state index < -0.39 is 27.0 Å². The number of hydrogen-bond acceptors (Lipinski definition) is 7. The molecule has 0 radical (unpaired) electrons. The number of nitrogens with one attached hydrogen (secondary N) is 1. The molecule has 0 rings (SSSR count). The Labute approximate surface area is 96.6 Å². The Hall–Kier alpha value is -1.82. The molecule has 0 amide bonds. The molecule has 0 aromatic rings. The fourth-order valence-corrected chi connectivity index (χ4v) is 1.45. The van der Waals surface area contributed by atoms with Crippen LogP contribution in [0.3, 0.4) is 0 Å². The molecule has 0 bridgehead atoms. The van der Waals surface area contributed by atoms with Gasteiger partial charge >= 0.3 is 0 Å². The highest BCUT2D eigenvalue weighted by atomic mass is 32.2. The molecule has 0 aromatic heterocycles. The molecule has 0 aliphatic heterocycles. The molecule has 98 valence electrons. The van der Waals surface area contributed by atoms with Gasteiger partial charge in [-0.2, -0.15) is 13.4 Å². The van der Waals surface area contributed by atoms with Gasteiger partial charge in [0, 0.05) is 7.05 Å². The number of hydrazone groups is 1. The third kappa shape index (κ3) is 6.36. The van der Waals surface area contributed by atoms with E-state index >= 15 is 0 Å². The van der Waals surface area contributed by atoms with Crippen molar-refractivity contribution >= 4 is 16.1 Å². The minimum absolute atomic E-state index is 0.0759. The predicted molar refractivity (Wildman–Crippen MR) is 56.5 cm³/mol. The molecule has 17 heavy (non-hydrogen) atoms. The molecule has 0 aliphatic carbocycles. The zero-order valence-electron chi connectivity index (χ0n) is 9.06. The average molecular weight is 269 g/mol. The van der Waals surface area contributed by atoms with Crippen LogP contribution in [0.5, 0.6) is 0 Å². The standard InChI is InChI=1S/C5H11N5O6S/c1-3-16-17(14,15)4-6-5(7-10(12)13)9(2)8-11/h3-4H2,1-2H3,(H,6,7). The molecule has 0 unspecified atom stereocenters. The molecular weight excluding hydrogens is 258 g/mol. The lowest BCUT2D eigenvalue weighted by Crippen LogP contribution is -2.39. The zero-order chi connectivity index (χ0) is 13.5. The lowest BCUT2D eigenvalue weighted by molar-refractivity contribution is -0.485. The van der Waals surface area contributed by atoms with Crippen molar-refractivity contribution in [2.45, 2.75) is 6.92 Å². The van der Waals surface area contributed by atoms with Crippen molar-refractivity contribution in [3.63, 3.8) is 0 Å². The van der Waals surface area contributed by atoms with Gasteiger partial charge in [0.05, 0.1) is 11.9 Å². The Morgan fingerprint density at radius 2 is 2.18 bits per heavy atom. The lowest BCUT2D eigenvalue weighted by atomic mass is 10.9. The summed E-state index contributed by atoms with van der Waals surface area (Å²) >= 11 is 0. The molecule has 0 heterocycles. The van der Waals surface area contributed by atoms with Crippen molar-refractivity contribution in [2.24, 2.45) is 10.4 Å². The van der Waals surface area contributed by atoms with E-state index in [1.165, 1.54) is 6.92 Å². The first-order valence-electron chi connectivity index (χ1n) is 4.23. The number of rotatable bonds is 6. The van der Waals surface area contributed by atoms with Gasteiger partial charge in [-0.15, -0.1) is 4.91 Å². The van der Waals surface area contributed by atoms with Crippen LogP contribution in [0, 0.1) is 15.0 Å². The first kappa shape index (κ1) is 15.2. The molecule has 0 saturated heterocycles. The van der Waals surface area contributed by atoms with Crippen LogP contribution in [-0.2, 0) is 14.3 Å². The minimum Gasteiger partial charge on any atom is -0.333 e. The smallest absolute Gasteiger partial charge is 0.295 e. The molecule has 0 spiro atoms. The zero-order valence-corrected chi connectivity index (χ0v) is 9.88. The molecular formula is C5H11N5O6S. The van der Waals surface area contributed by atoms with Gasteiger partial charge in [0.25, 0.3) is 16.1 Å². The maximum Gasteiger partial charge on any atom is 0.295 e. The molecule has 0 saturated carbocycles. The van der Waals surface area contributed by atoms with Gasteiger partial charge in [0.1, 0.15) is 11.0 Å². The highest BCUT2D eigenvalue weighted by Crippen LogP contribution is 1.92. The summed E-state index contributed by atoms with van der Waals surface area (Å²) in [5.41, 5.74) is 0. The number of guanidine groups is 1. The van der Waals surface area contributed by atoms with Crippen LogP contribution in [0.1, 0.15) is 6.92 Å². The van der Waals surface area contributed by atoms with E-state index in [1.54, 1.807) is 0 Å². The summed E-state index contributed by atoms with van der Waals surface area (Å²) < 4.78 is 26.5. The fraction of sp³-hybridized carbons (Fsp3) is 0.800. The van der Waals surface area contributed by atoms with E-state index in [1.807, 2.05) is 0 Å². The summed E-state index contributed by atoms with van der Waals surface area (Å²) in [6.07, 6.45) is 0. The van der Waals surface area contributed by atoms with Gasteiger partial charge in [-0.3, -0.25) is 4.18 Å². The van der Waals surface area contributed by atoms with Gasteiger partial charge in [-0.05, 0) is 6.92 Å². The van der Waals surface area contributed by atoms with Gasteiger partial charge in [0.2, 0.25) is 0 Å². The molecule has 0 aromatic carbocycles. The predicted octanol–water partition coefficient (Wildman–Crippen LogP) is -0.939. The third-order valence-electron chi connectivity index (χ3n) is 1.31. The Balaban J connectivity index is 4.69. The van der Waals surface area contributed by atoms with Gasteiger partial charge in [-0.25, -0.2) is 10.1 Å². The van der Waals surface area contributed by atoms with Crippen molar-refractivity contribution in [1.82, 2.24) is 10.3 Å². The second-order valence-corrected chi connectivity index (χ2v) is 4.19. The van der Waals surface area contributed by atoms with Crippen molar-refractivity contribution in [1.29, 1.82) is 0 Å². The number of nitro groups is 1. The normalized spacial score (nSPS) is 12.0. The molecule has 0 atom stereocenters. The second kappa shape index (κ2) is 6.70. The SMILES string of the molecule is CCOS(=O)(=O)CNC(=N[N+](=O)[O-])N(C)N=O. The van der Waals surface area contributed by atoms with E-state index in [9.17, 15) is 23.4 Å². The second-order valence-electron chi connectivity index (χ2n) is 2.55. The monoisotopic (exact) mass is 269 g/mol. The number of hydrogen-bond donors (Lipinski definition) is 1. The van der Waals surface area contributed by atoms with Gasteiger partial charge in [-0.1, -0.05) is 0 Å². The molecule has 0 aliphatic rings. The van der Waals surface area contributed by atoms with Gasteiger partial charge in [0.15, 0.2) is 5.03 Å². The van der Waals surface area contributed by atoms with Crippen LogP contribution in [-0.4, -0.2) is 43.9 Å². The molecule has 1 N–H and O–H groups in total. The van der Waals surface area contributed by atoms with Crippen LogP contribution in [0.25, 0.3) is 0 Å². The van der Waals surface area contributed by atoms with Gasteiger partial charge < -0.3 is 5.32 Å². The lowest BCUT2D eigenvalue weighted by Gasteiger charge is -2.10. The maximum atomic E-state index is 11.1. The van der Waals surface area contributed by atoms with Crippen LogP contribution >= 0.6 is 0 Å². The summed E-state index contributed by atoms with van der Waals surface area (Å²) in [6, 6.07) is 0. The van der Waals surface area contributed by atoms with Crippen LogP contribution < -0.4 is 5.32 Å². The van der Waals surface area contributed by atoms with Crippen molar-refractivity contribution in [3.05, 3.63) is 15.0 Å². The summed E-state index contributed by atoms with van der Waals surface area (Å²) in [5, 5.41) is 16.6. The van der Waals surface area contributed by atoms with Crippen molar-refractivity contribution in [2.75, 3.05) is 19.5 Å². The Morgan fingerprint density at radius 3 is 2.59 bits per heavy atom. The van der Waals surface area contributed by atoms with E-state index in [2.05, 4.69) is 19.9 Å². The Morgan fingerprint density at radius 1 is 1.59 bits per heavy atom. The number of nitrogens with zero attached hydrogens (tertiary/aromatic N) is 4.